The zero-order chi connectivity index (χ0) is 60.9. The first-order valence-electron chi connectivity index (χ1n) is 31.1. The molecule has 5 heterocycles. The number of pyridine rings is 1. The second-order valence-electron chi connectivity index (χ2n) is 24.7. The number of hydrogen-bond donors (Lipinski definition) is 0. The van der Waals surface area contributed by atoms with Crippen LogP contribution in [0.1, 0.15) is 31.9 Å². The molecule has 8 heteroatoms. The third-order valence-electron chi connectivity index (χ3n) is 18.0. The fourth-order valence-electron chi connectivity index (χ4n) is 13.6. The van der Waals surface area contributed by atoms with Crippen LogP contribution in [-0.2, 0) is 26.5 Å². The quantitative estimate of drug-likeness (QED) is 0.101. The maximum atomic E-state index is 5.39. The summed E-state index contributed by atoms with van der Waals surface area (Å²) in [5.41, 5.74) is 26.2. The van der Waals surface area contributed by atoms with E-state index in [1.54, 1.807) is 0 Å². The number of rotatable bonds is 10. The van der Waals surface area contributed by atoms with Gasteiger partial charge in [0.25, 0.3) is 6.33 Å². The molecule has 0 aliphatic carbocycles. The zero-order valence-electron chi connectivity index (χ0n) is 51.1. The minimum atomic E-state index is -0.104. The first-order chi connectivity index (χ1) is 44.7. The van der Waals surface area contributed by atoms with Gasteiger partial charge < -0.3 is 13.5 Å². The SMILES string of the molecule is Cc1cccc2c1nc1n(-c3cc(C(C)(C)C)ccn3)c3[c-]c4c(cc3n21)c1ccccc1n4-c1[c-]c(-n2[c-][n+](-c3c(-c4cc(-c5ccccc5)cc(-c5ccccc5)c4)cccc3-c3cc(-c4ccccc4)cc(-c4ccccc4)c3)c3ccccc32)ccc1.[Pt]. The van der Waals surface area contributed by atoms with Crippen molar-refractivity contribution in [2.75, 3.05) is 0 Å². The molecule has 0 fully saturated rings. The molecular weight excluding hydrogens is 1300 g/mol. The number of fused-ring (bicyclic) bond motifs is 9. The molecule has 5 aromatic heterocycles. The van der Waals surface area contributed by atoms with Crippen LogP contribution in [0.2, 0.25) is 0 Å². The Balaban J connectivity index is 0.00000673. The molecule has 0 unspecified atom stereocenters. The molecule has 0 aliphatic heterocycles. The van der Waals surface area contributed by atoms with Crippen LogP contribution in [0, 0.1) is 25.4 Å². The van der Waals surface area contributed by atoms with Crippen LogP contribution >= 0.6 is 0 Å². The minimum absolute atomic E-state index is 0. The predicted octanol–water partition coefficient (Wildman–Crippen LogP) is 20.2. The van der Waals surface area contributed by atoms with Crippen LogP contribution in [-0.4, -0.2) is 28.1 Å². The summed E-state index contributed by atoms with van der Waals surface area (Å²) in [5, 5.41) is 2.19. The van der Waals surface area contributed by atoms with Gasteiger partial charge in [0.15, 0.2) is 0 Å². The second kappa shape index (κ2) is 22.5. The van der Waals surface area contributed by atoms with Crippen molar-refractivity contribution < 1.29 is 25.6 Å². The number of aromatic nitrogens is 7. The Labute approximate surface area is 548 Å². The Hall–Kier alpha value is -11.0. The number of imidazole rings is 3. The second-order valence-corrected chi connectivity index (χ2v) is 24.7. The molecule has 12 aromatic carbocycles. The van der Waals surface area contributed by atoms with Crippen LogP contribution in [0.15, 0.2) is 285 Å². The van der Waals surface area contributed by atoms with E-state index in [0.29, 0.717) is 0 Å². The monoisotopic (exact) mass is 1360 g/mol. The number of nitrogens with zero attached hydrogens (tertiary/aromatic N) is 7. The average molecular weight is 1360 g/mol. The molecule has 17 rings (SSSR count). The predicted molar refractivity (Wildman–Crippen MR) is 373 cm³/mol. The van der Waals surface area contributed by atoms with Gasteiger partial charge in [-0.3, -0.25) is 9.13 Å². The van der Waals surface area contributed by atoms with Crippen molar-refractivity contribution in [1.29, 1.82) is 0 Å². The van der Waals surface area contributed by atoms with Gasteiger partial charge in [0.05, 0.1) is 27.8 Å². The Bertz CT molecular complexity index is 5430. The number of hydrogen-bond acceptors (Lipinski definition) is 2. The Kier molecular flexibility index (Phi) is 13.8. The maximum absolute atomic E-state index is 5.39. The molecule has 0 atom stereocenters. The van der Waals surface area contributed by atoms with Crippen molar-refractivity contribution in [3.63, 3.8) is 0 Å². The Morgan fingerprint density at radius 3 is 1.51 bits per heavy atom. The van der Waals surface area contributed by atoms with E-state index in [1.165, 1.54) is 5.56 Å². The van der Waals surface area contributed by atoms with Gasteiger partial charge in [-0.05, 0) is 173 Å². The molecule has 0 spiro atoms. The van der Waals surface area contributed by atoms with Crippen molar-refractivity contribution in [2.45, 2.75) is 33.1 Å². The first kappa shape index (κ1) is 56.3. The molecule has 0 aliphatic rings. The normalized spacial score (nSPS) is 11.8. The Morgan fingerprint density at radius 1 is 0.402 bits per heavy atom. The number of para-hydroxylation sites is 5. The van der Waals surface area contributed by atoms with Crippen molar-refractivity contribution in [3.8, 4) is 89.6 Å². The van der Waals surface area contributed by atoms with Gasteiger partial charge in [-0.15, -0.1) is 23.6 Å². The standard InChI is InChI=1S/C84H59N7.Pt/c1-55-24-21-41-76-81(55)86-83-90(76)78-52-72-71-35-17-18-38-73(71)89(77(72)53-79(78)91(83)80-50-66(42-43-85-80)84(2,3)4)68-34-22-33-67(51-68)87-54-88(75-40-20-19-39-74(75)87)82-69(64-46-60(56-25-9-5-10-26-56)44-61(47-64)57-27-11-6-12-28-57)36-23-37-70(82)65-48-62(58-29-13-7-14-30-58)45-63(49-65)59-31-15-8-16-32-59;/h5-50,52H,1-4H3;/q-2;. The van der Waals surface area contributed by atoms with E-state index in [9.17, 15) is 0 Å². The minimum Gasteiger partial charge on any atom is -0.359 e. The molecule has 17 aromatic rings. The fourth-order valence-corrected chi connectivity index (χ4v) is 13.6. The smallest absolute Gasteiger partial charge is 0.268 e. The van der Waals surface area contributed by atoms with Gasteiger partial charge in [0.2, 0.25) is 5.78 Å². The van der Waals surface area contributed by atoms with E-state index >= 15 is 0 Å². The molecule has 92 heavy (non-hydrogen) atoms. The van der Waals surface area contributed by atoms with Crippen LogP contribution in [0.3, 0.4) is 0 Å². The summed E-state index contributed by atoms with van der Waals surface area (Å²) >= 11 is 0. The number of benzene rings is 12. The summed E-state index contributed by atoms with van der Waals surface area (Å²) in [6.45, 7) is 8.86. The topological polar surface area (TPSA) is 48.9 Å². The van der Waals surface area contributed by atoms with E-state index in [4.69, 9.17) is 9.97 Å². The molecule has 0 saturated carbocycles. The van der Waals surface area contributed by atoms with Crippen molar-refractivity contribution in [3.05, 3.63) is 315 Å². The summed E-state index contributed by atoms with van der Waals surface area (Å²) in [6.07, 6.45) is 5.96. The van der Waals surface area contributed by atoms with Gasteiger partial charge >= 0.3 is 0 Å². The first-order valence-corrected chi connectivity index (χ1v) is 31.1. The molecule has 0 bridgehead atoms. The summed E-state index contributed by atoms with van der Waals surface area (Å²) in [7, 11) is 0. The molecule has 442 valence electrons. The van der Waals surface area contributed by atoms with Crippen LogP contribution < -0.4 is 4.57 Å². The largest absolute Gasteiger partial charge is 0.359 e. The maximum Gasteiger partial charge on any atom is 0.268 e. The third-order valence-corrected chi connectivity index (χ3v) is 18.0. The van der Waals surface area contributed by atoms with E-state index in [-0.39, 0.29) is 26.5 Å². The van der Waals surface area contributed by atoms with Gasteiger partial charge in [0, 0.05) is 32.8 Å². The van der Waals surface area contributed by atoms with E-state index < -0.39 is 0 Å². The molecule has 7 nitrogen and oxygen atoms in total. The van der Waals surface area contributed by atoms with E-state index in [2.05, 4.69) is 348 Å². The van der Waals surface area contributed by atoms with Gasteiger partial charge in [-0.1, -0.05) is 226 Å². The Morgan fingerprint density at radius 2 is 0.913 bits per heavy atom. The molecule has 0 saturated heterocycles. The van der Waals surface area contributed by atoms with Crippen molar-refractivity contribution in [1.82, 2.24) is 28.1 Å². The molecule has 0 N–H and O–H groups in total. The summed E-state index contributed by atoms with van der Waals surface area (Å²) < 4.78 is 11.3. The van der Waals surface area contributed by atoms with Gasteiger partial charge in [-0.25, -0.2) is 9.97 Å². The van der Waals surface area contributed by atoms with E-state index in [0.717, 1.165) is 156 Å². The van der Waals surface area contributed by atoms with Crippen molar-refractivity contribution in [2.24, 2.45) is 0 Å². The summed E-state index contributed by atoms with van der Waals surface area (Å²) in [5.74, 6) is 1.58. The molecular formula is C84H59N7Pt-2. The summed E-state index contributed by atoms with van der Waals surface area (Å²) in [4.78, 5) is 10.5. The van der Waals surface area contributed by atoms with E-state index in [1.807, 2.05) is 6.20 Å². The molecule has 0 radical (unpaired) electrons. The van der Waals surface area contributed by atoms with Gasteiger partial charge in [0.1, 0.15) is 5.82 Å². The average Bonchev–Trinajstić information content (AvgIpc) is 1.54. The van der Waals surface area contributed by atoms with Gasteiger partial charge in [-0.2, -0.15) is 18.2 Å². The fraction of sp³-hybridized carbons (Fsp3) is 0.0595. The molecule has 0 amide bonds. The van der Waals surface area contributed by atoms with Crippen LogP contribution in [0.4, 0.5) is 0 Å². The summed E-state index contributed by atoms with van der Waals surface area (Å²) in [6, 6.07) is 109. The van der Waals surface area contributed by atoms with Crippen LogP contribution in [0.25, 0.3) is 150 Å². The zero-order valence-corrected chi connectivity index (χ0v) is 53.4. The third kappa shape index (κ3) is 9.50. The van der Waals surface area contributed by atoms with Crippen molar-refractivity contribution >= 4 is 60.7 Å². The number of aryl methyl sites for hydroxylation is 1. The van der Waals surface area contributed by atoms with Crippen LogP contribution in [0.5, 0.6) is 0 Å².